The molecule has 1 aliphatic carbocycles. The van der Waals surface area contributed by atoms with E-state index in [1.165, 1.54) is 16.7 Å². The Kier molecular flexibility index (Phi) is 3.14. The lowest BCUT2D eigenvalue weighted by atomic mass is 9.98. The van der Waals surface area contributed by atoms with Gasteiger partial charge in [0.25, 0.3) is 0 Å². The third-order valence-corrected chi connectivity index (χ3v) is 2.90. The number of rotatable bonds is 2. The first-order chi connectivity index (χ1) is 7.65. The van der Waals surface area contributed by atoms with Gasteiger partial charge in [0.05, 0.1) is 0 Å². The first-order valence-corrected chi connectivity index (χ1v) is 5.60. The van der Waals surface area contributed by atoms with Crippen LogP contribution in [0.1, 0.15) is 25.8 Å². The van der Waals surface area contributed by atoms with Crippen LogP contribution >= 0.6 is 0 Å². The van der Waals surface area contributed by atoms with Gasteiger partial charge in [0.1, 0.15) is 11.5 Å². The highest BCUT2D eigenvalue weighted by atomic mass is 16.5. The second-order valence-electron chi connectivity index (χ2n) is 4.35. The topological polar surface area (TPSA) is 9.23 Å². The van der Waals surface area contributed by atoms with E-state index in [4.69, 9.17) is 4.74 Å². The lowest BCUT2D eigenvalue weighted by molar-refractivity contribution is 0.410. The van der Waals surface area contributed by atoms with E-state index >= 15 is 0 Å². The monoisotopic (exact) mass is 213 g/mol. The standard InChI is InChI=1S/C15H17O/c1-11-4-7-14(8-5-11)16-15-9-6-12(2)13(3)10-15/h4-9H,10H2,1-3H3. The minimum atomic E-state index is 0.913. The van der Waals surface area contributed by atoms with Crippen molar-refractivity contribution in [2.45, 2.75) is 27.2 Å². The highest BCUT2D eigenvalue weighted by molar-refractivity contribution is 5.35. The third-order valence-electron chi connectivity index (χ3n) is 2.90. The number of hydrogen-bond donors (Lipinski definition) is 0. The molecule has 0 fully saturated rings. The Hall–Kier alpha value is -1.50. The second kappa shape index (κ2) is 4.56. The number of benzene rings is 1. The molecular weight excluding hydrogens is 196 g/mol. The van der Waals surface area contributed by atoms with Crippen molar-refractivity contribution < 1.29 is 4.74 Å². The fraction of sp³-hybridized carbons (Fsp3) is 0.267. The molecule has 1 radical (unpaired) electrons. The van der Waals surface area contributed by atoms with E-state index in [9.17, 15) is 0 Å². The zero-order chi connectivity index (χ0) is 11.5. The molecule has 1 nitrogen and oxygen atoms in total. The van der Waals surface area contributed by atoms with Crippen molar-refractivity contribution >= 4 is 0 Å². The van der Waals surface area contributed by atoms with Gasteiger partial charge in [-0.25, -0.2) is 0 Å². The Labute approximate surface area is 97.4 Å². The van der Waals surface area contributed by atoms with Gasteiger partial charge in [-0.15, -0.1) is 0 Å². The largest absolute Gasteiger partial charge is 0.462 e. The predicted octanol–water partition coefficient (Wildman–Crippen LogP) is 4.20. The van der Waals surface area contributed by atoms with Crippen molar-refractivity contribution in [2.75, 3.05) is 0 Å². The van der Waals surface area contributed by atoms with E-state index in [0.717, 1.165) is 17.9 Å². The molecule has 0 atom stereocenters. The SMILES string of the molecule is CC1=C(C)CC(Oc2ccc(C)cc2)=C[CH]1. The Balaban J connectivity index is 2.04. The summed E-state index contributed by atoms with van der Waals surface area (Å²) in [6.45, 7) is 6.36. The van der Waals surface area contributed by atoms with Gasteiger partial charge in [-0.2, -0.15) is 0 Å². The normalized spacial score (nSPS) is 16.1. The number of hydrogen-bond acceptors (Lipinski definition) is 1. The molecule has 0 heterocycles. The van der Waals surface area contributed by atoms with Crippen molar-refractivity contribution in [1.82, 2.24) is 0 Å². The molecule has 0 unspecified atom stereocenters. The summed E-state index contributed by atoms with van der Waals surface area (Å²) in [6.07, 6.45) is 5.08. The van der Waals surface area contributed by atoms with Crippen molar-refractivity contribution in [2.24, 2.45) is 0 Å². The fourth-order valence-electron chi connectivity index (χ4n) is 1.65. The number of aryl methyl sites for hydroxylation is 1. The summed E-state index contributed by atoms with van der Waals surface area (Å²) in [7, 11) is 0. The lowest BCUT2D eigenvalue weighted by Crippen LogP contribution is -2.02. The van der Waals surface area contributed by atoms with Crippen LogP contribution in [0, 0.1) is 13.3 Å². The maximum absolute atomic E-state index is 5.82. The Morgan fingerprint density at radius 3 is 2.31 bits per heavy atom. The first kappa shape index (κ1) is 11.0. The molecule has 0 aromatic heterocycles. The molecule has 0 saturated heterocycles. The summed E-state index contributed by atoms with van der Waals surface area (Å²) in [5.41, 5.74) is 3.98. The van der Waals surface area contributed by atoms with E-state index in [1.807, 2.05) is 12.1 Å². The summed E-state index contributed by atoms with van der Waals surface area (Å²) in [6, 6.07) is 8.15. The van der Waals surface area contributed by atoms with Crippen LogP contribution in [-0.2, 0) is 0 Å². The van der Waals surface area contributed by atoms with E-state index in [2.05, 4.69) is 45.4 Å². The zero-order valence-corrected chi connectivity index (χ0v) is 10.1. The quantitative estimate of drug-likeness (QED) is 0.715. The van der Waals surface area contributed by atoms with Gasteiger partial charge >= 0.3 is 0 Å². The highest BCUT2D eigenvalue weighted by Crippen LogP contribution is 2.25. The molecule has 1 aliphatic rings. The van der Waals surface area contributed by atoms with Crippen LogP contribution in [-0.4, -0.2) is 0 Å². The van der Waals surface area contributed by atoms with Crippen molar-refractivity contribution in [3.05, 3.63) is 59.2 Å². The minimum absolute atomic E-state index is 0.913. The van der Waals surface area contributed by atoms with Gasteiger partial charge in [0.2, 0.25) is 0 Å². The van der Waals surface area contributed by atoms with Crippen molar-refractivity contribution in [3.63, 3.8) is 0 Å². The molecule has 1 aromatic rings. The van der Waals surface area contributed by atoms with Crippen LogP contribution < -0.4 is 4.74 Å². The summed E-state index contributed by atoms with van der Waals surface area (Å²) in [5.74, 6) is 1.93. The average Bonchev–Trinajstić information content (AvgIpc) is 2.27. The van der Waals surface area contributed by atoms with Crippen LogP contribution in [0.5, 0.6) is 5.75 Å². The van der Waals surface area contributed by atoms with Crippen LogP contribution in [0.2, 0.25) is 0 Å². The summed E-state index contributed by atoms with van der Waals surface area (Å²) in [5, 5.41) is 0. The molecule has 0 N–H and O–H groups in total. The predicted molar refractivity (Wildman–Crippen MR) is 67.2 cm³/mol. The maximum Gasteiger partial charge on any atom is 0.126 e. The van der Waals surface area contributed by atoms with Gasteiger partial charge in [-0.05, 0) is 39.0 Å². The smallest absolute Gasteiger partial charge is 0.126 e. The Morgan fingerprint density at radius 2 is 1.69 bits per heavy atom. The first-order valence-electron chi connectivity index (χ1n) is 5.60. The lowest BCUT2D eigenvalue weighted by Gasteiger charge is -2.16. The van der Waals surface area contributed by atoms with Crippen LogP contribution in [0.3, 0.4) is 0 Å². The molecule has 0 amide bonds. The third kappa shape index (κ3) is 2.54. The molecule has 0 bridgehead atoms. The van der Waals surface area contributed by atoms with E-state index in [0.29, 0.717) is 0 Å². The van der Waals surface area contributed by atoms with Gasteiger partial charge in [0.15, 0.2) is 0 Å². The highest BCUT2D eigenvalue weighted by Gasteiger charge is 2.09. The Morgan fingerprint density at radius 1 is 1.00 bits per heavy atom. The molecule has 1 heteroatoms. The van der Waals surface area contributed by atoms with Gasteiger partial charge in [-0.1, -0.05) is 28.8 Å². The average molecular weight is 213 g/mol. The summed E-state index contributed by atoms with van der Waals surface area (Å²) < 4.78 is 5.82. The molecule has 0 aliphatic heterocycles. The molecular formula is C15H17O. The van der Waals surface area contributed by atoms with E-state index in [1.54, 1.807) is 0 Å². The van der Waals surface area contributed by atoms with E-state index in [-0.39, 0.29) is 0 Å². The zero-order valence-electron chi connectivity index (χ0n) is 10.1. The fourth-order valence-corrected chi connectivity index (χ4v) is 1.65. The molecule has 1 aromatic carbocycles. The molecule has 0 spiro atoms. The van der Waals surface area contributed by atoms with Crippen molar-refractivity contribution in [1.29, 1.82) is 0 Å². The summed E-state index contributed by atoms with van der Waals surface area (Å²) >= 11 is 0. The van der Waals surface area contributed by atoms with Crippen molar-refractivity contribution in [3.8, 4) is 5.75 Å². The number of allylic oxidation sites excluding steroid dienone is 3. The maximum atomic E-state index is 5.82. The van der Waals surface area contributed by atoms with Crippen LogP contribution in [0.4, 0.5) is 0 Å². The Bertz CT molecular complexity index is 435. The summed E-state index contributed by atoms with van der Waals surface area (Å²) in [4.78, 5) is 0. The molecule has 2 rings (SSSR count). The van der Waals surface area contributed by atoms with Gasteiger partial charge in [0, 0.05) is 12.8 Å². The van der Waals surface area contributed by atoms with Crippen LogP contribution in [0.15, 0.2) is 47.2 Å². The van der Waals surface area contributed by atoms with Gasteiger partial charge in [-0.3, -0.25) is 0 Å². The van der Waals surface area contributed by atoms with Crippen LogP contribution in [0.25, 0.3) is 0 Å². The number of ether oxygens (including phenoxy) is 1. The molecule has 16 heavy (non-hydrogen) atoms. The molecule has 83 valence electrons. The van der Waals surface area contributed by atoms with E-state index < -0.39 is 0 Å². The molecule has 0 saturated carbocycles. The van der Waals surface area contributed by atoms with Gasteiger partial charge < -0.3 is 4.74 Å². The minimum Gasteiger partial charge on any atom is -0.462 e. The second-order valence-corrected chi connectivity index (χ2v) is 4.35.